The molecular formula is C17H21N5O7. The number of hydrogen-bond donors (Lipinski definition) is 1. The summed E-state index contributed by atoms with van der Waals surface area (Å²) in [5, 5.41) is 2.40. The minimum absolute atomic E-state index is 0.00907. The minimum Gasteiger partial charge on any atom is -0.463 e. The Balaban J connectivity index is 1.60. The Morgan fingerprint density at radius 2 is 1.97 bits per heavy atom. The van der Waals surface area contributed by atoms with E-state index >= 15 is 0 Å². The zero-order chi connectivity index (χ0) is 20.9. The van der Waals surface area contributed by atoms with E-state index in [-0.39, 0.29) is 18.4 Å². The van der Waals surface area contributed by atoms with Crippen molar-refractivity contribution < 1.29 is 33.3 Å². The summed E-state index contributed by atoms with van der Waals surface area (Å²) >= 11 is 0. The topological polar surface area (TPSA) is 140 Å². The molecule has 0 spiro atoms. The highest BCUT2D eigenvalue weighted by molar-refractivity contribution is 6.23. The molecule has 2 saturated heterocycles. The fourth-order valence-electron chi connectivity index (χ4n) is 3.62. The molecule has 0 saturated carbocycles. The molecule has 12 heteroatoms. The highest BCUT2D eigenvalue weighted by Crippen LogP contribution is 2.40. The molecule has 4 aliphatic heterocycles. The van der Waals surface area contributed by atoms with Gasteiger partial charge in [-0.1, -0.05) is 0 Å². The highest BCUT2D eigenvalue weighted by Gasteiger charge is 2.58. The van der Waals surface area contributed by atoms with Gasteiger partial charge in [-0.15, -0.1) is 0 Å². The van der Waals surface area contributed by atoms with Crippen molar-refractivity contribution in [2.24, 2.45) is 15.0 Å². The van der Waals surface area contributed by atoms with Gasteiger partial charge < -0.3 is 18.9 Å². The smallest absolute Gasteiger partial charge is 0.302 e. The molecule has 2 amide bonds. The number of amidine groups is 1. The van der Waals surface area contributed by atoms with Crippen LogP contribution in [0.5, 0.6) is 0 Å². The van der Waals surface area contributed by atoms with Crippen molar-refractivity contribution in [1.82, 2.24) is 10.2 Å². The minimum atomic E-state index is -0.919. The lowest BCUT2D eigenvalue weighted by molar-refractivity contribution is -0.200. The van der Waals surface area contributed by atoms with Crippen molar-refractivity contribution in [3.8, 4) is 0 Å². The summed E-state index contributed by atoms with van der Waals surface area (Å²) in [6.07, 6.45) is -0.911. The van der Waals surface area contributed by atoms with Crippen LogP contribution in [0.3, 0.4) is 0 Å². The third kappa shape index (κ3) is 3.66. The van der Waals surface area contributed by atoms with Crippen molar-refractivity contribution in [2.75, 3.05) is 6.61 Å². The summed E-state index contributed by atoms with van der Waals surface area (Å²) in [6, 6.07) is -0.919. The van der Waals surface area contributed by atoms with Crippen LogP contribution in [0.4, 0.5) is 0 Å². The van der Waals surface area contributed by atoms with E-state index in [1.54, 1.807) is 18.7 Å². The molecule has 5 unspecified atom stereocenters. The Morgan fingerprint density at radius 1 is 1.24 bits per heavy atom. The fraction of sp³-hybridized carbons (Fsp3) is 0.647. The normalized spacial score (nSPS) is 34.4. The second-order valence-corrected chi connectivity index (χ2v) is 7.43. The predicted molar refractivity (Wildman–Crippen MR) is 96.9 cm³/mol. The number of ether oxygens (including phenoxy) is 4. The van der Waals surface area contributed by atoms with E-state index in [1.165, 1.54) is 20.2 Å². The van der Waals surface area contributed by atoms with Crippen LogP contribution in [0.2, 0.25) is 0 Å². The molecule has 5 atom stereocenters. The summed E-state index contributed by atoms with van der Waals surface area (Å²) in [7, 11) is 0. The first-order valence-electron chi connectivity index (χ1n) is 9.09. The molecule has 0 aromatic heterocycles. The maximum Gasteiger partial charge on any atom is 0.302 e. The van der Waals surface area contributed by atoms with E-state index in [9.17, 15) is 14.4 Å². The molecule has 0 bridgehead atoms. The second kappa shape index (κ2) is 6.97. The van der Waals surface area contributed by atoms with E-state index in [2.05, 4.69) is 20.3 Å². The summed E-state index contributed by atoms with van der Waals surface area (Å²) < 4.78 is 23.1. The molecule has 2 fully saturated rings. The molecule has 12 nitrogen and oxygen atoms in total. The van der Waals surface area contributed by atoms with Gasteiger partial charge in [0.2, 0.25) is 11.9 Å². The van der Waals surface area contributed by atoms with Crippen LogP contribution < -0.4 is 5.32 Å². The Morgan fingerprint density at radius 3 is 2.66 bits per heavy atom. The third-order valence-corrected chi connectivity index (χ3v) is 4.66. The van der Waals surface area contributed by atoms with Crippen LogP contribution in [0.15, 0.2) is 15.0 Å². The molecule has 0 aromatic carbocycles. The summed E-state index contributed by atoms with van der Waals surface area (Å²) in [4.78, 5) is 48.6. The molecular weight excluding hydrogens is 386 g/mol. The summed E-state index contributed by atoms with van der Waals surface area (Å²) in [5.41, 5.74) is 0. The molecule has 156 valence electrons. The Kier molecular flexibility index (Phi) is 4.71. The van der Waals surface area contributed by atoms with Crippen LogP contribution in [-0.2, 0) is 33.3 Å². The Hall–Kier alpha value is -2.70. The molecule has 1 N–H and O–H groups in total. The van der Waals surface area contributed by atoms with E-state index in [0.29, 0.717) is 0 Å². The van der Waals surface area contributed by atoms with Gasteiger partial charge in [-0.25, -0.2) is 0 Å². The van der Waals surface area contributed by atoms with Crippen molar-refractivity contribution in [1.29, 1.82) is 0 Å². The van der Waals surface area contributed by atoms with Crippen molar-refractivity contribution in [3.05, 3.63) is 0 Å². The van der Waals surface area contributed by atoms with Crippen LogP contribution in [0.1, 0.15) is 27.7 Å². The monoisotopic (exact) mass is 407 g/mol. The number of amides is 2. The lowest BCUT2D eigenvalue weighted by Gasteiger charge is -2.30. The first-order valence-corrected chi connectivity index (χ1v) is 9.09. The number of nitrogens with zero attached hydrogens (tertiary/aromatic N) is 4. The van der Waals surface area contributed by atoms with Gasteiger partial charge in [0, 0.05) is 13.8 Å². The van der Waals surface area contributed by atoms with Gasteiger partial charge in [0.05, 0.1) is 6.34 Å². The predicted octanol–water partition coefficient (Wildman–Crippen LogP) is -1.06. The number of carbonyl (C=O) groups excluding carboxylic acids is 3. The maximum atomic E-state index is 12.3. The van der Waals surface area contributed by atoms with Crippen LogP contribution in [-0.4, -0.2) is 83.8 Å². The van der Waals surface area contributed by atoms with Gasteiger partial charge in [0.1, 0.15) is 24.9 Å². The standard InChI is InChI=1S/C17H21N5O7/c1-7(23)19-16-20-13-10(14(25)21-16)18-6-22(13)15-12-11(28-17(3,4)29-12)9(27-15)5-26-8(2)24/h6,9-12,15H,5H2,1-4H3,(H,19,21,23,25). The third-order valence-electron chi connectivity index (χ3n) is 4.66. The van der Waals surface area contributed by atoms with Gasteiger partial charge >= 0.3 is 5.97 Å². The van der Waals surface area contributed by atoms with Gasteiger partial charge in [-0.3, -0.25) is 29.6 Å². The second-order valence-electron chi connectivity index (χ2n) is 7.43. The van der Waals surface area contributed by atoms with Crippen molar-refractivity contribution >= 4 is 35.9 Å². The first-order chi connectivity index (χ1) is 13.6. The zero-order valence-electron chi connectivity index (χ0n) is 16.3. The lowest BCUT2D eigenvalue weighted by Crippen LogP contribution is -2.50. The van der Waals surface area contributed by atoms with E-state index in [4.69, 9.17) is 18.9 Å². The average molecular weight is 407 g/mol. The molecule has 4 aliphatic rings. The molecule has 4 rings (SSSR count). The number of hydrogen-bond acceptors (Lipinski definition) is 10. The van der Waals surface area contributed by atoms with Crippen molar-refractivity contribution in [3.63, 3.8) is 0 Å². The van der Waals surface area contributed by atoms with E-state index < -0.39 is 54.2 Å². The molecule has 29 heavy (non-hydrogen) atoms. The summed E-state index contributed by atoms with van der Waals surface area (Å²) in [6.45, 7) is 6.14. The van der Waals surface area contributed by atoms with Crippen LogP contribution >= 0.6 is 0 Å². The van der Waals surface area contributed by atoms with Crippen LogP contribution in [0.25, 0.3) is 0 Å². The maximum absolute atomic E-state index is 12.3. The molecule has 0 radical (unpaired) electrons. The number of aliphatic imine (C=N–C) groups is 3. The number of nitrogens with one attached hydrogen (secondary N) is 1. The molecule has 0 aromatic rings. The number of carbonyl (C=O) groups is 3. The number of rotatable bonds is 3. The van der Waals surface area contributed by atoms with E-state index in [0.717, 1.165) is 0 Å². The first kappa shape index (κ1) is 19.6. The number of esters is 1. The molecule has 4 heterocycles. The van der Waals surface area contributed by atoms with Gasteiger partial charge in [0.15, 0.2) is 23.9 Å². The lowest BCUT2D eigenvalue weighted by atomic mass is 10.1. The van der Waals surface area contributed by atoms with Gasteiger partial charge in [0.25, 0.3) is 5.91 Å². The quantitative estimate of drug-likeness (QED) is 0.584. The number of guanidine groups is 1. The SMILES string of the molecule is CC(=O)NC1=NC(=O)C2N=CN(C3OC(COC(C)=O)C4OC(C)(C)OC43)C2=N1. The summed E-state index contributed by atoms with van der Waals surface area (Å²) in [5.74, 6) is -2.11. The average Bonchev–Trinajstić information content (AvgIpc) is 3.23. The zero-order valence-corrected chi connectivity index (χ0v) is 16.3. The van der Waals surface area contributed by atoms with Gasteiger partial charge in [-0.05, 0) is 13.8 Å². The van der Waals surface area contributed by atoms with Crippen molar-refractivity contribution in [2.45, 2.75) is 64.1 Å². The number of fused-ring (bicyclic) bond motifs is 2. The Bertz CT molecular complexity index is 851. The highest BCUT2D eigenvalue weighted by atomic mass is 16.8. The fourth-order valence-corrected chi connectivity index (χ4v) is 3.62. The van der Waals surface area contributed by atoms with Gasteiger partial charge in [-0.2, -0.15) is 9.98 Å². The Labute approximate surface area is 165 Å². The van der Waals surface area contributed by atoms with Crippen LogP contribution in [0, 0.1) is 0 Å². The largest absolute Gasteiger partial charge is 0.463 e. The van der Waals surface area contributed by atoms with E-state index in [1.807, 2.05) is 0 Å². The molecule has 0 aliphatic carbocycles.